The normalized spacial score (nSPS) is 12.3. The zero-order chi connectivity index (χ0) is 12.1. The first-order valence-corrected chi connectivity index (χ1v) is 7.04. The molecule has 1 radical (unpaired) electrons. The molecule has 1 atom stereocenters. The molecule has 0 aromatic rings. The molecule has 0 saturated carbocycles. The van der Waals surface area contributed by atoms with Crippen LogP contribution in [0, 0.1) is 24.2 Å². The second-order valence-electron chi connectivity index (χ2n) is 4.73. The monoisotopic (exact) mass is 222 g/mol. The zero-order valence-electron chi connectivity index (χ0n) is 11.0. The summed E-state index contributed by atoms with van der Waals surface area (Å²) in [7, 11) is 0. The minimum atomic E-state index is 0.303. The molecule has 0 rings (SSSR count). The molecule has 0 fully saturated rings. The Morgan fingerprint density at radius 1 is 0.938 bits per heavy atom. The highest BCUT2D eigenvalue weighted by Gasteiger charge is 2.06. The second kappa shape index (κ2) is 12.6. The largest absolute Gasteiger partial charge is 0.198 e. The number of nitriles is 1. The highest BCUT2D eigenvalue weighted by Crippen LogP contribution is 2.17. The fraction of sp³-hybridized carbons (Fsp3) is 0.867. The molecule has 0 bridgehead atoms. The highest BCUT2D eigenvalue weighted by molar-refractivity contribution is 4.82. The van der Waals surface area contributed by atoms with Crippen LogP contribution < -0.4 is 0 Å². The van der Waals surface area contributed by atoms with Crippen LogP contribution in [-0.2, 0) is 0 Å². The second-order valence-corrected chi connectivity index (χ2v) is 4.73. The summed E-state index contributed by atoms with van der Waals surface area (Å²) in [6, 6.07) is 2.44. The van der Waals surface area contributed by atoms with E-state index >= 15 is 0 Å². The van der Waals surface area contributed by atoms with Crippen molar-refractivity contribution in [3.8, 4) is 6.07 Å². The van der Waals surface area contributed by atoms with E-state index in [1.54, 1.807) is 0 Å². The Balaban J connectivity index is 3.31. The van der Waals surface area contributed by atoms with Gasteiger partial charge in [0.05, 0.1) is 6.07 Å². The lowest BCUT2D eigenvalue weighted by molar-refractivity contribution is 0.482. The molecule has 1 nitrogen and oxygen atoms in total. The quantitative estimate of drug-likeness (QED) is 0.437. The van der Waals surface area contributed by atoms with Crippen LogP contribution in [0.1, 0.15) is 77.6 Å². The first kappa shape index (κ1) is 15.5. The molecule has 0 amide bonds. The fourth-order valence-electron chi connectivity index (χ4n) is 2.01. The molecule has 0 spiro atoms. The van der Waals surface area contributed by atoms with Gasteiger partial charge in [-0.3, -0.25) is 0 Å². The lowest BCUT2D eigenvalue weighted by Crippen LogP contribution is -1.97. The average molecular weight is 222 g/mol. The molecule has 0 N–H and O–H groups in total. The third kappa shape index (κ3) is 10.0. The molecule has 93 valence electrons. The molecule has 1 heteroatoms. The van der Waals surface area contributed by atoms with Gasteiger partial charge in [0, 0.05) is 5.92 Å². The van der Waals surface area contributed by atoms with Crippen molar-refractivity contribution in [2.24, 2.45) is 5.92 Å². The molecule has 16 heavy (non-hydrogen) atoms. The predicted octanol–water partition coefficient (Wildman–Crippen LogP) is 5.27. The summed E-state index contributed by atoms with van der Waals surface area (Å²) < 4.78 is 0. The molecule has 0 aliphatic heterocycles. The first-order chi connectivity index (χ1) is 7.85. The summed E-state index contributed by atoms with van der Waals surface area (Å²) in [6.45, 7) is 6.07. The summed E-state index contributed by atoms with van der Waals surface area (Å²) in [5, 5.41) is 9.00. The van der Waals surface area contributed by atoms with Crippen molar-refractivity contribution in [3.63, 3.8) is 0 Å². The van der Waals surface area contributed by atoms with E-state index in [9.17, 15) is 0 Å². The van der Waals surface area contributed by atoms with Gasteiger partial charge in [-0.1, -0.05) is 71.6 Å². The summed E-state index contributed by atoms with van der Waals surface area (Å²) in [5.74, 6) is 0.303. The summed E-state index contributed by atoms with van der Waals surface area (Å²) in [6.07, 6.45) is 13.5. The Hall–Kier alpha value is -0.510. The van der Waals surface area contributed by atoms with E-state index in [0.29, 0.717) is 5.92 Å². The lowest BCUT2D eigenvalue weighted by Gasteiger charge is -2.08. The molecule has 0 saturated heterocycles. The SMILES string of the molecule is [CH2]CCCCC(C#N)CCCCCCCC. The van der Waals surface area contributed by atoms with Gasteiger partial charge in [-0.05, 0) is 12.8 Å². The van der Waals surface area contributed by atoms with E-state index < -0.39 is 0 Å². The van der Waals surface area contributed by atoms with Crippen molar-refractivity contribution >= 4 is 0 Å². The molecule has 0 aromatic carbocycles. The third-order valence-corrected chi connectivity index (χ3v) is 3.14. The van der Waals surface area contributed by atoms with Gasteiger partial charge in [0.2, 0.25) is 0 Å². The Morgan fingerprint density at radius 3 is 2.06 bits per heavy atom. The van der Waals surface area contributed by atoms with E-state index in [-0.39, 0.29) is 0 Å². The predicted molar refractivity (Wildman–Crippen MR) is 70.9 cm³/mol. The van der Waals surface area contributed by atoms with Gasteiger partial charge < -0.3 is 0 Å². The van der Waals surface area contributed by atoms with Crippen LogP contribution >= 0.6 is 0 Å². The standard InChI is InChI=1S/C15H28N/c1-3-5-7-8-9-11-13-15(14-16)12-10-6-4-2/h15H,2-13H2,1H3. The van der Waals surface area contributed by atoms with Gasteiger partial charge in [-0.15, -0.1) is 0 Å². The number of unbranched alkanes of at least 4 members (excludes halogenated alkanes) is 7. The van der Waals surface area contributed by atoms with Crippen molar-refractivity contribution in [2.75, 3.05) is 0 Å². The van der Waals surface area contributed by atoms with E-state index in [0.717, 1.165) is 19.3 Å². The van der Waals surface area contributed by atoms with E-state index in [4.69, 9.17) is 5.26 Å². The molecule has 0 aromatic heterocycles. The van der Waals surface area contributed by atoms with E-state index in [2.05, 4.69) is 19.9 Å². The van der Waals surface area contributed by atoms with Crippen LogP contribution in [0.2, 0.25) is 0 Å². The third-order valence-electron chi connectivity index (χ3n) is 3.14. The number of hydrogen-bond acceptors (Lipinski definition) is 1. The highest BCUT2D eigenvalue weighted by atomic mass is 14.3. The van der Waals surface area contributed by atoms with E-state index in [1.807, 2.05) is 0 Å². The van der Waals surface area contributed by atoms with Crippen LogP contribution in [-0.4, -0.2) is 0 Å². The van der Waals surface area contributed by atoms with Gasteiger partial charge in [0.25, 0.3) is 0 Å². The fourth-order valence-corrected chi connectivity index (χ4v) is 2.01. The maximum absolute atomic E-state index is 9.00. The van der Waals surface area contributed by atoms with Crippen LogP contribution in [0.25, 0.3) is 0 Å². The maximum Gasteiger partial charge on any atom is 0.0655 e. The molecule has 0 heterocycles. The van der Waals surface area contributed by atoms with Crippen LogP contribution in [0.15, 0.2) is 0 Å². The molecule has 1 unspecified atom stereocenters. The first-order valence-electron chi connectivity index (χ1n) is 7.04. The smallest absolute Gasteiger partial charge is 0.0655 e. The van der Waals surface area contributed by atoms with Crippen LogP contribution in [0.5, 0.6) is 0 Å². The van der Waals surface area contributed by atoms with Gasteiger partial charge in [0.1, 0.15) is 0 Å². The van der Waals surface area contributed by atoms with Gasteiger partial charge in [0.15, 0.2) is 0 Å². The Kier molecular flexibility index (Phi) is 12.2. The van der Waals surface area contributed by atoms with Crippen molar-refractivity contribution in [1.29, 1.82) is 5.26 Å². The van der Waals surface area contributed by atoms with Gasteiger partial charge in [-0.2, -0.15) is 5.26 Å². The van der Waals surface area contributed by atoms with Crippen molar-refractivity contribution in [1.82, 2.24) is 0 Å². The summed E-state index contributed by atoms with van der Waals surface area (Å²) in [5.41, 5.74) is 0. The number of nitrogens with zero attached hydrogens (tertiary/aromatic N) is 1. The topological polar surface area (TPSA) is 23.8 Å². The van der Waals surface area contributed by atoms with Crippen molar-refractivity contribution < 1.29 is 0 Å². The number of hydrogen-bond donors (Lipinski definition) is 0. The van der Waals surface area contributed by atoms with Crippen LogP contribution in [0.4, 0.5) is 0 Å². The van der Waals surface area contributed by atoms with Crippen molar-refractivity contribution in [3.05, 3.63) is 6.92 Å². The van der Waals surface area contributed by atoms with E-state index in [1.165, 1.54) is 51.4 Å². The molecular weight excluding hydrogens is 194 g/mol. The summed E-state index contributed by atoms with van der Waals surface area (Å²) in [4.78, 5) is 0. The Bertz CT molecular complexity index is 169. The van der Waals surface area contributed by atoms with Gasteiger partial charge in [-0.25, -0.2) is 0 Å². The van der Waals surface area contributed by atoms with Gasteiger partial charge >= 0.3 is 0 Å². The minimum Gasteiger partial charge on any atom is -0.198 e. The molecule has 0 aliphatic rings. The van der Waals surface area contributed by atoms with Crippen LogP contribution in [0.3, 0.4) is 0 Å². The number of rotatable bonds is 11. The van der Waals surface area contributed by atoms with Crippen molar-refractivity contribution in [2.45, 2.75) is 77.6 Å². The zero-order valence-corrected chi connectivity index (χ0v) is 11.0. The average Bonchev–Trinajstić information content (AvgIpc) is 2.31. The molecular formula is C15H28N. The Morgan fingerprint density at radius 2 is 1.50 bits per heavy atom. The molecule has 0 aliphatic carbocycles. The maximum atomic E-state index is 9.00. The lowest BCUT2D eigenvalue weighted by atomic mass is 9.96. The summed E-state index contributed by atoms with van der Waals surface area (Å²) >= 11 is 0. The minimum absolute atomic E-state index is 0.303. The Labute approximate surface area is 102 Å².